The quantitative estimate of drug-likeness (QED) is 0.707. The molecule has 7 nitrogen and oxygen atoms in total. The summed E-state index contributed by atoms with van der Waals surface area (Å²) in [4.78, 5) is 4.30. The molecule has 0 fully saturated rings. The van der Waals surface area contributed by atoms with Crippen LogP contribution in [0.1, 0.15) is 12.6 Å². The summed E-state index contributed by atoms with van der Waals surface area (Å²) >= 11 is 0. The molecule has 98 valence electrons. The van der Waals surface area contributed by atoms with Crippen molar-refractivity contribution < 1.29 is 0 Å². The van der Waals surface area contributed by atoms with Crippen LogP contribution in [0.2, 0.25) is 0 Å². The number of aromatic nitrogens is 7. The summed E-state index contributed by atoms with van der Waals surface area (Å²) in [5.74, 6) is 0.725. The van der Waals surface area contributed by atoms with E-state index in [0.717, 1.165) is 29.4 Å². The van der Waals surface area contributed by atoms with Crippen molar-refractivity contribution in [3.8, 4) is 17.2 Å². The molecule has 3 aromatic rings. The Kier molecular flexibility index (Phi) is 2.66. The van der Waals surface area contributed by atoms with E-state index in [1.807, 2.05) is 30.9 Å². The predicted molar refractivity (Wildman–Crippen MR) is 69.8 cm³/mol. The number of aryl methyl sites for hydroxylation is 3. The third kappa shape index (κ3) is 1.92. The van der Waals surface area contributed by atoms with Gasteiger partial charge in [-0.25, -0.2) is 9.67 Å². The number of nitrogens with zero attached hydrogens (tertiary/aromatic N) is 7. The van der Waals surface area contributed by atoms with Gasteiger partial charge in [-0.3, -0.25) is 9.36 Å². The summed E-state index contributed by atoms with van der Waals surface area (Å²) in [6, 6.07) is 2.01. The maximum Gasteiger partial charge on any atom is 0.183 e. The van der Waals surface area contributed by atoms with Crippen LogP contribution < -0.4 is 0 Å². The van der Waals surface area contributed by atoms with Crippen molar-refractivity contribution in [1.82, 2.24) is 34.3 Å². The molecule has 19 heavy (non-hydrogen) atoms. The second-order valence-corrected chi connectivity index (χ2v) is 4.35. The SMILES string of the molecule is CCn1nc(-c2ncnn2-c2cnn(C)c2)cc1C. The van der Waals surface area contributed by atoms with Gasteiger partial charge in [0.1, 0.15) is 17.7 Å². The largest absolute Gasteiger partial charge is 0.274 e. The number of hydrogen-bond acceptors (Lipinski definition) is 4. The van der Waals surface area contributed by atoms with Crippen molar-refractivity contribution in [3.05, 3.63) is 30.5 Å². The van der Waals surface area contributed by atoms with Gasteiger partial charge in [0.15, 0.2) is 5.82 Å². The molecule has 0 radical (unpaired) electrons. The number of hydrogen-bond donors (Lipinski definition) is 0. The first-order valence-corrected chi connectivity index (χ1v) is 6.13. The zero-order valence-electron chi connectivity index (χ0n) is 11.1. The van der Waals surface area contributed by atoms with Gasteiger partial charge in [-0.1, -0.05) is 0 Å². The molecular formula is C12H15N7. The van der Waals surface area contributed by atoms with E-state index >= 15 is 0 Å². The highest BCUT2D eigenvalue weighted by Gasteiger charge is 2.14. The topological polar surface area (TPSA) is 66.3 Å². The lowest BCUT2D eigenvalue weighted by molar-refractivity contribution is 0.640. The average Bonchev–Trinajstić information content (AvgIpc) is 3.07. The van der Waals surface area contributed by atoms with Crippen molar-refractivity contribution in [2.45, 2.75) is 20.4 Å². The van der Waals surface area contributed by atoms with Crippen LogP contribution in [0, 0.1) is 6.92 Å². The third-order valence-electron chi connectivity index (χ3n) is 2.99. The summed E-state index contributed by atoms with van der Waals surface area (Å²) in [7, 11) is 1.87. The molecule has 0 saturated heterocycles. The van der Waals surface area contributed by atoms with E-state index < -0.39 is 0 Å². The summed E-state index contributed by atoms with van der Waals surface area (Å²) in [5.41, 5.74) is 2.80. The minimum Gasteiger partial charge on any atom is -0.274 e. The molecule has 0 aliphatic rings. The van der Waals surface area contributed by atoms with Gasteiger partial charge < -0.3 is 0 Å². The van der Waals surface area contributed by atoms with Gasteiger partial charge in [-0.2, -0.15) is 15.3 Å². The normalized spacial score (nSPS) is 11.1. The minimum atomic E-state index is 0.725. The standard InChI is InChI=1S/C12H15N7/c1-4-18-9(2)5-11(16-18)12-13-8-15-19(12)10-6-14-17(3)7-10/h5-8H,4H2,1-3H3. The molecule has 0 aliphatic heterocycles. The van der Waals surface area contributed by atoms with Crippen LogP contribution in [0.5, 0.6) is 0 Å². The number of rotatable bonds is 3. The van der Waals surface area contributed by atoms with Crippen molar-refractivity contribution in [1.29, 1.82) is 0 Å². The van der Waals surface area contributed by atoms with Gasteiger partial charge in [-0.05, 0) is 19.9 Å². The Morgan fingerprint density at radius 3 is 2.74 bits per heavy atom. The summed E-state index contributed by atoms with van der Waals surface area (Å²) in [5, 5.41) is 12.9. The van der Waals surface area contributed by atoms with Crippen LogP contribution >= 0.6 is 0 Å². The third-order valence-corrected chi connectivity index (χ3v) is 2.99. The Bertz CT molecular complexity index is 703. The fourth-order valence-corrected chi connectivity index (χ4v) is 2.06. The predicted octanol–water partition coefficient (Wildman–Crippen LogP) is 1.19. The fourth-order valence-electron chi connectivity index (χ4n) is 2.06. The Morgan fingerprint density at radius 1 is 1.26 bits per heavy atom. The van der Waals surface area contributed by atoms with Crippen LogP contribution in [0.25, 0.3) is 17.2 Å². The monoisotopic (exact) mass is 257 g/mol. The van der Waals surface area contributed by atoms with Crippen molar-refractivity contribution >= 4 is 0 Å². The Labute approximate surface area is 110 Å². The maximum atomic E-state index is 4.53. The first-order chi connectivity index (χ1) is 9.19. The summed E-state index contributed by atoms with van der Waals surface area (Å²) < 4.78 is 5.42. The highest BCUT2D eigenvalue weighted by Crippen LogP contribution is 2.19. The molecule has 3 heterocycles. The van der Waals surface area contributed by atoms with E-state index in [2.05, 4.69) is 27.2 Å². The van der Waals surface area contributed by atoms with Gasteiger partial charge in [0.05, 0.1) is 12.4 Å². The lowest BCUT2D eigenvalue weighted by Crippen LogP contribution is -2.01. The summed E-state index contributed by atoms with van der Waals surface area (Å²) in [6.07, 6.45) is 5.17. The van der Waals surface area contributed by atoms with E-state index in [1.54, 1.807) is 15.6 Å². The molecule has 0 unspecified atom stereocenters. The van der Waals surface area contributed by atoms with Gasteiger partial charge >= 0.3 is 0 Å². The van der Waals surface area contributed by atoms with E-state index in [1.165, 1.54) is 6.33 Å². The molecule has 0 spiro atoms. The van der Waals surface area contributed by atoms with Crippen LogP contribution in [0.15, 0.2) is 24.8 Å². The van der Waals surface area contributed by atoms with E-state index in [-0.39, 0.29) is 0 Å². The van der Waals surface area contributed by atoms with Crippen LogP contribution in [-0.4, -0.2) is 34.3 Å². The van der Waals surface area contributed by atoms with Gasteiger partial charge in [0.2, 0.25) is 0 Å². The Balaban J connectivity index is 2.08. The zero-order chi connectivity index (χ0) is 13.4. The second kappa shape index (κ2) is 4.34. The average molecular weight is 257 g/mol. The Hall–Kier alpha value is -2.44. The van der Waals surface area contributed by atoms with Gasteiger partial charge in [0, 0.05) is 19.3 Å². The van der Waals surface area contributed by atoms with Crippen LogP contribution in [0.3, 0.4) is 0 Å². The van der Waals surface area contributed by atoms with Crippen molar-refractivity contribution in [2.24, 2.45) is 7.05 Å². The van der Waals surface area contributed by atoms with Crippen LogP contribution in [0.4, 0.5) is 0 Å². The molecule has 0 amide bonds. The highest BCUT2D eigenvalue weighted by atomic mass is 15.4. The molecule has 0 aliphatic carbocycles. The first-order valence-electron chi connectivity index (χ1n) is 6.13. The molecule has 0 N–H and O–H groups in total. The minimum absolute atomic E-state index is 0.725. The molecule has 0 bridgehead atoms. The molecule has 0 atom stereocenters. The maximum absolute atomic E-state index is 4.53. The second-order valence-electron chi connectivity index (χ2n) is 4.35. The fraction of sp³-hybridized carbons (Fsp3) is 0.333. The first kappa shape index (κ1) is 11.6. The lowest BCUT2D eigenvalue weighted by Gasteiger charge is -2.00. The van der Waals surface area contributed by atoms with Crippen LogP contribution in [-0.2, 0) is 13.6 Å². The molecule has 0 aromatic carbocycles. The molecule has 3 rings (SSSR count). The van der Waals surface area contributed by atoms with E-state index in [4.69, 9.17) is 0 Å². The molecule has 7 heteroatoms. The summed E-state index contributed by atoms with van der Waals surface area (Å²) in [6.45, 7) is 4.94. The van der Waals surface area contributed by atoms with E-state index in [0.29, 0.717) is 0 Å². The lowest BCUT2D eigenvalue weighted by atomic mass is 10.3. The Morgan fingerprint density at radius 2 is 2.11 bits per heavy atom. The van der Waals surface area contributed by atoms with Crippen molar-refractivity contribution in [3.63, 3.8) is 0 Å². The smallest absolute Gasteiger partial charge is 0.183 e. The van der Waals surface area contributed by atoms with Crippen molar-refractivity contribution in [2.75, 3.05) is 0 Å². The van der Waals surface area contributed by atoms with Gasteiger partial charge in [-0.15, -0.1) is 0 Å². The molecule has 0 saturated carbocycles. The molecular weight excluding hydrogens is 242 g/mol. The van der Waals surface area contributed by atoms with Gasteiger partial charge in [0.25, 0.3) is 0 Å². The zero-order valence-corrected chi connectivity index (χ0v) is 11.1. The molecule has 3 aromatic heterocycles. The van der Waals surface area contributed by atoms with E-state index in [9.17, 15) is 0 Å². The highest BCUT2D eigenvalue weighted by molar-refractivity contribution is 5.52.